The van der Waals surface area contributed by atoms with Gasteiger partial charge in [0.05, 0.1) is 4.90 Å². The van der Waals surface area contributed by atoms with Crippen LogP contribution in [0.1, 0.15) is 42.2 Å². The molecule has 4 nitrogen and oxygen atoms in total. The van der Waals surface area contributed by atoms with Gasteiger partial charge in [0, 0.05) is 25.2 Å². The molecule has 0 aromatic heterocycles. The molecular formula is C28H33ClN2O2S. The fourth-order valence-corrected chi connectivity index (χ4v) is 6.33. The first-order valence-electron chi connectivity index (χ1n) is 12.0. The summed E-state index contributed by atoms with van der Waals surface area (Å²) in [4.78, 5) is 2.86. The van der Waals surface area contributed by atoms with Crippen LogP contribution in [0.3, 0.4) is 0 Å². The first-order chi connectivity index (χ1) is 16.4. The van der Waals surface area contributed by atoms with Crippen LogP contribution in [-0.4, -0.2) is 50.8 Å². The highest BCUT2D eigenvalue weighted by Gasteiger charge is 2.26. The van der Waals surface area contributed by atoms with Gasteiger partial charge in [-0.1, -0.05) is 72.3 Å². The smallest absolute Gasteiger partial charge is 0.242 e. The molecule has 1 aliphatic rings. The number of hydrogen-bond acceptors (Lipinski definition) is 3. The molecule has 1 aliphatic heterocycles. The van der Waals surface area contributed by atoms with Crippen LogP contribution in [0.4, 0.5) is 0 Å². The van der Waals surface area contributed by atoms with Crippen molar-refractivity contribution in [3.63, 3.8) is 0 Å². The van der Waals surface area contributed by atoms with Crippen LogP contribution < -0.4 is 0 Å². The van der Waals surface area contributed by atoms with Crippen molar-refractivity contribution in [3.05, 3.63) is 101 Å². The van der Waals surface area contributed by atoms with E-state index in [1.54, 1.807) is 31.3 Å². The van der Waals surface area contributed by atoms with E-state index in [4.69, 9.17) is 11.6 Å². The third-order valence-electron chi connectivity index (χ3n) is 6.82. The zero-order valence-corrected chi connectivity index (χ0v) is 21.3. The summed E-state index contributed by atoms with van der Waals surface area (Å²) in [5, 5.41) is 0.679. The molecule has 3 aromatic rings. The van der Waals surface area contributed by atoms with Crippen molar-refractivity contribution < 1.29 is 8.42 Å². The van der Waals surface area contributed by atoms with E-state index in [0.717, 1.165) is 31.6 Å². The Bertz CT molecular complexity index is 1160. The second-order valence-corrected chi connectivity index (χ2v) is 11.7. The Labute approximate surface area is 209 Å². The molecule has 4 rings (SSSR count). The van der Waals surface area contributed by atoms with E-state index in [0.29, 0.717) is 22.4 Å². The molecule has 1 heterocycles. The summed E-state index contributed by atoms with van der Waals surface area (Å²) in [5.74, 6) is 0.611. The first-order valence-corrected chi connectivity index (χ1v) is 13.8. The Kier molecular flexibility index (Phi) is 8.43. The maximum Gasteiger partial charge on any atom is 0.242 e. The largest absolute Gasteiger partial charge is 0.303 e. The lowest BCUT2D eigenvalue weighted by Crippen LogP contribution is -2.37. The van der Waals surface area contributed by atoms with Gasteiger partial charge in [-0.05, 0) is 79.6 Å². The van der Waals surface area contributed by atoms with Gasteiger partial charge in [-0.25, -0.2) is 12.7 Å². The highest BCUT2D eigenvalue weighted by Crippen LogP contribution is 2.30. The van der Waals surface area contributed by atoms with Gasteiger partial charge in [-0.15, -0.1) is 0 Å². The quantitative estimate of drug-likeness (QED) is 0.364. The number of benzene rings is 3. The van der Waals surface area contributed by atoms with E-state index < -0.39 is 10.0 Å². The van der Waals surface area contributed by atoms with Crippen molar-refractivity contribution >= 4 is 21.6 Å². The molecule has 0 N–H and O–H groups in total. The summed E-state index contributed by atoms with van der Waals surface area (Å²) in [5.41, 5.74) is 2.49. The standard InChI is InChI=1S/C28H33ClN2O2S/c1-30(34(32,33)28-15-6-3-7-16-28)21-26(24-12-8-14-27(29)20-24)17-19-31-18-9-13-25(22-31)23-10-4-2-5-11-23/h2-8,10-12,14-16,20,25-26H,9,13,17-19,21-22H2,1H3/t25?,26-/m1/s1. The van der Waals surface area contributed by atoms with Crippen molar-refractivity contribution in [2.45, 2.75) is 36.0 Å². The highest BCUT2D eigenvalue weighted by molar-refractivity contribution is 7.89. The van der Waals surface area contributed by atoms with Crippen molar-refractivity contribution in [2.24, 2.45) is 0 Å². The minimum atomic E-state index is -3.55. The maximum absolute atomic E-state index is 13.2. The summed E-state index contributed by atoms with van der Waals surface area (Å²) in [6.07, 6.45) is 3.27. The molecule has 0 bridgehead atoms. The van der Waals surface area contributed by atoms with Crippen LogP contribution in [0.2, 0.25) is 5.02 Å². The van der Waals surface area contributed by atoms with Gasteiger partial charge in [0.15, 0.2) is 0 Å². The van der Waals surface area contributed by atoms with E-state index in [2.05, 4.69) is 41.3 Å². The number of likely N-dealkylation sites (N-methyl/N-ethyl adjacent to an activating group) is 1. The maximum atomic E-state index is 13.2. The number of rotatable bonds is 9. The van der Waals surface area contributed by atoms with Crippen LogP contribution in [0.15, 0.2) is 89.8 Å². The molecule has 34 heavy (non-hydrogen) atoms. The first kappa shape index (κ1) is 24.9. The monoisotopic (exact) mass is 496 g/mol. The molecule has 1 unspecified atom stereocenters. The van der Waals surface area contributed by atoms with Gasteiger partial charge in [0.1, 0.15) is 0 Å². The van der Waals surface area contributed by atoms with Crippen LogP contribution in [0.5, 0.6) is 0 Å². The van der Waals surface area contributed by atoms with Crippen LogP contribution in [0.25, 0.3) is 0 Å². The van der Waals surface area contributed by atoms with Gasteiger partial charge in [-0.2, -0.15) is 0 Å². The van der Waals surface area contributed by atoms with E-state index in [-0.39, 0.29) is 5.92 Å². The Balaban J connectivity index is 1.47. The summed E-state index contributed by atoms with van der Waals surface area (Å²) in [7, 11) is -1.88. The number of likely N-dealkylation sites (tertiary alicyclic amines) is 1. The minimum absolute atomic E-state index is 0.0549. The molecule has 0 radical (unpaired) electrons. The fraction of sp³-hybridized carbons (Fsp3) is 0.357. The Morgan fingerprint density at radius 1 is 1.00 bits per heavy atom. The number of piperidine rings is 1. The van der Waals surface area contributed by atoms with Crippen LogP contribution >= 0.6 is 11.6 Å². The molecular weight excluding hydrogens is 464 g/mol. The molecule has 2 atom stereocenters. The summed E-state index contributed by atoms with van der Waals surface area (Å²) < 4.78 is 27.8. The lowest BCUT2D eigenvalue weighted by Gasteiger charge is -2.34. The van der Waals surface area contributed by atoms with Crippen molar-refractivity contribution in [1.82, 2.24) is 9.21 Å². The van der Waals surface area contributed by atoms with E-state index >= 15 is 0 Å². The number of sulfonamides is 1. The van der Waals surface area contributed by atoms with Crippen molar-refractivity contribution in [1.29, 1.82) is 0 Å². The molecule has 1 saturated heterocycles. The number of hydrogen-bond donors (Lipinski definition) is 0. The molecule has 0 saturated carbocycles. The molecule has 0 aliphatic carbocycles. The molecule has 180 valence electrons. The molecule has 1 fully saturated rings. The third-order valence-corrected chi connectivity index (χ3v) is 8.89. The average molecular weight is 497 g/mol. The predicted octanol–water partition coefficient (Wildman–Crippen LogP) is 6.01. The molecule has 0 spiro atoms. The van der Waals surface area contributed by atoms with E-state index in [9.17, 15) is 8.42 Å². The van der Waals surface area contributed by atoms with Gasteiger partial charge >= 0.3 is 0 Å². The third kappa shape index (κ3) is 6.28. The summed E-state index contributed by atoms with van der Waals surface area (Å²) >= 11 is 6.30. The van der Waals surface area contributed by atoms with Crippen LogP contribution in [-0.2, 0) is 10.0 Å². The zero-order valence-electron chi connectivity index (χ0n) is 19.7. The van der Waals surface area contributed by atoms with Gasteiger partial charge in [-0.3, -0.25) is 0 Å². The summed E-state index contributed by atoms with van der Waals surface area (Å²) in [6, 6.07) is 27.2. The predicted molar refractivity (Wildman–Crippen MR) is 140 cm³/mol. The van der Waals surface area contributed by atoms with Gasteiger partial charge in [0.25, 0.3) is 0 Å². The number of halogens is 1. The number of nitrogens with zero attached hydrogens (tertiary/aromatic N) is 2. The summed E-state index contributed by atoms with van der Waals surface area (Å²) in [6.45, 7) is 3.47. The average Bonchev–Trinajstić information content (AvgIpc) is 2.87. The Morgan fingerprint density at radius 2 is 1.71 bits per heavy atom. The molecule has 6 heteroatoms. The second kappa shape index (κ2) is 11.5. The Morgan fingerprint density at radius 3 is 2.41 bits per heavy atom. The fourth-order valence-electron chi connectivity index (χ4n) is 4.90. The topological polar surface area (TPSA) is 40.6 Å². The second-order valence-electron chi connectivity index (χ2n) is 9.19. The normalized spacial score (nSPS) is 18.1. The van der Waals surface area contributed by atoms with Crippen LogP contribution in [0, 0.1) is 0 Å². The lowest BCUT2D eigenvalue weighted by atomic mass is 9.90. The highest BCUT2D eigenvalue weighted by atomic mass is 35.5. The van der Waals surface area contributed by atoms with Gasteiger partial charge in [0.2, 0.25) is 10.0 Å². The molecule has 0 amide bonds. The van der Waals surface area contributed by atoms with E-state index in [1.165, 1.54) is 22.7 Å². The van der Waals surface area contributed by atoms with Crippen molar-refractivity contribution in [3.8, 4) is 0 Å². The molecule has 3 aromatic carbocycles. The zero-order chi connectivity index (χ0) is 24.0. The van der Waals surface area contributed by atoms with E-state index in [1.807, 2.05) is 24.3 Å². The lowest BCUT2D eigenvalue weighted by molar-refractivity contribution is 0.199. The Hall–Kier alpha value is -2.18. The van der Waals surface area contributed by atoms with Gasteiger partial charge < -0.3 is 4.90 Å². The SMILES string of the molecule is CN(C[C@@H](CCN1CCCC(c2ccccc2)C1)c1cccc(Cl)c1)S(=O)(=O)c1ccccc1. The van der Waals surface area contributed by atoms with Crippen molar-refractivity contribution in [2.75, 3.05) is 33.2 Å². The minimum Gasteiger partial charge on any atom is -0.303 e.